The molecule has 0 fully saturated rings. The molecule has 0 bridgehead atoms. The van der Waals surface area contributed by atoms with E-state index in [1.165, 1.54) is 0 Å². The Bertz CT molecular complexity index is 1410. The first-order valence-electron chi connectivity index (χ1n) is 10.4. The molecule has 4 nitrogen and oxygen atoms in total. The minimum Gasteiger partial charge on any atom is -0.299 e. The molecular formula is C27H23N3OP+. The van der Waals surface area contributed by atoms with Crippen molar-refractivity contribution >= 4 is 41.2 Å². The third-order valence-electron chi connectivity index (χ3n) is 5.86. The highest BCUT2D eigenvalue weighted by Gasteiger charge is 2.25. The highest BCUT2D eigenvalue weighted by atomic mass is 31.2. The second-order valence-electron chi connectivity index (χ2n) is 8.41. The molecular weight excluding hydrogens is 413 g/mol. The normalized spacial score (nSPS) is 13.5. The van der Waals surface area contributed by atoms with Gasteiger partial charge in [0.25, 0.3) is 0 Å². The van der Waals surface area contributed by atoms with E-state index in [0.717, 1.165) is 49.7 Å². The molecule has 156 valence electrons. The number of nitrogens with zero attached hydrogens (tertiary/aromatic N) is 1. The lowest BCUT2D eigenvalue weighted by Gasteiger charge is -2.19. The van der Waals surface area contributed by atoms with Gasteiger partial charge in [0.2, 0.25) is 0 Å². The summed E-state index contributed by atoms with van der Waals surface area (Å²) in [4.78, 5) is 15.2. The topological polar surface area (TPSA) is 80.8 Å². The van der Waals surface area contributed by atoms with E-state index in [4.69, 9.17) is 15.8 Å². The number of allylic oxidation sites excluding steroid dienone is 1. The molecule has 0 amide bonds. The second kappa shape index (κ2) is 7.59. The predicted molar refractivity (Wildman–Crippen MR) is 137 cm³/mol. The molecule has 3 aromatic carbocycles. The molecule has 3 N–H and O–H groups in total. The number of hydrogen-bond acceptors (Lipinski definition) is 4. The first kappa shape index (κ1) is 20.4. The first-order chi connectivity index (χ1) is 15.3. The van der Waals surface area contributed by atoms with Gasteiger partial charge < -0.3 is 0 Å². The lowest BCUT2D eigenvalue weighted by molar-refractivity contribution is 0.625. The fraction of sp³-hybridized carbons (Fsp3) is 0.0741. The van der Waals surface area contributed by atoms with E-state index in [2.05, 4.69) is 24.3 Å². The molecule has 4 aromatic rings. The monoisotopic (exact) mass is 436 g/mol. The maximum atomic E-state index is 10.3. The van der Waals surface area contributed by atoms with Crippen molar-refractivity contribution < 1.29 is 4.89 Å². The zero-order valence-electron chi connectivity index (χ0n) is 17.9. The van der Waals surface area contributed by atoms with E-state index in [1.54, 1.807) is 6.08 Å². The van der Waals surface area contributed by atoms with E-state index in [1.807, 2.05) is 67.9 Å². The van der Waals surface area contributed by atoms with Gasteiger partial charge in [0.15, 0.2) is 7.49 Å². The number of pyridine rings is 1. The van der Waals surface area contributed by atoms with Gasteiger partial charge >= 0.3 is 0 Å². The molecule has 0 radical (unpaired) electrons. The van der Waals surface area contributed by atoms with Gasteiger partial charge in [-0.1, -0.05) is 54.6 Å². The van der Waals surface area contributed by atoms with Crippen LogP contribution in [0.2, 0.25) is 0 Å². The quantitative estimate of drug-likeness (QED) is 0.355. The van der Waals surface area contributed by atoms with Gasteiger partial charge in [-0.2, -0.15) is 0 Å². The highest BCUT2D eigenvalue weighted by Crippen LogP contribution is 2.44. The van der Waals surface area contributed by atoms with Crippen molar-refractivity contribution in [1.82, 2.24) is 4.98 Å². The maximum Gasteiger partial charge on any atom is 0.168 e. The van der Waals surface area contributed by atoms with Gasteiger partial charge in [-0.05, 0) is 41.5 Å². The minimum absolute atomic E-state index is 0.215. The Morgan fingerprint density at radius 3 is 2.00 bits per heavy atom. The summed E-state index contributed by atoms with van der Waals surface area (Å²) in [5.41, 5.74) is 6.90. The molecule has 0 aliphatic heterocycles. The molecule has 1 heterocycles. The zero-order valence-corrected chi connectivity index (χ0v) is 18.8. The van der Waals surface area contributed by atoms with Crippen LogP contribution in [0.1, 0.15) is 11.1 Å². The number of fused-ring (bicyclic) bond motifs is 3. The molecule has 1 aliphatic carbocycles. The smallest absolute Gasteiger partial charge is 0.168 e. The summed E-state index contributed by atoms with van der Waals surface area (Å²) in [7, 11) is -2.02. The van der Waals surface area contributed by atoms with Crippen molar-refractivity contribution in [3.05, 3.63) is 90.0 Å². The van der Waals surface area contributed by atoms with Gasteiger partial charge in [0.05, 0.1) is 36.0 Å². The van der Waals surface area contributed by atoms with E-state index < -0.39 is 7.49 Å². The minimum atomic E-state index is -2.02. The Morgan fingerprint density at radius 1 is 0.750 bits per heavy atom. The van der Waals surface area contributed by atoms with Crippen LogP contribution in [0.25, 0.3) is 39.4 Å². The Morgan fingerprint density at radius 2 is 1.34 bits per heavy atom. The van der Waals surface area contributed by atoms with Crippen LogP contribution in [0.15, 0.2) is 78.9 Å². The predicted octanol–water partition coefficient (Wildman–Crippen LogP) is 5.79. The van der Waals surface area contributed by atoms with Gasteiger partial charge in [-0.25, -0.2) is 9.88 Å². The fourth-order valence-corrected chi connectivity index (χ4v) is 4.98. The fourth-order valence-electron chi connectivity index (χ4n) is 4.10. The molecule has 5 rings (SSSR count). The van der Waals surface area contributed by atoms with Crippen molar-refractivity contribution in [3.63, 3.8) is 0 Å². The van der Waals surface area contributed by atoms with Crippen molar-refractivity contribution in [2.75, 3.05) is 13.3 Å². The standard InChI is InChI=1S/C27H23N3OP/c1-32(2,31)20-13-11-18(12-14-20)17-7-9-19(10-8-17)27-22-15-16-23(28)26(29)25(22)21-5-3-4-6-24(21)30-27/h3-16,28-29,31H,1-2H3/q+1. The SMILES string of the molecule is C[P+](C)(O)c1ccc(-c2ccc(-c3nc4ccccc4c4c3C=CC(=N)C4=N)cc2)cc1. The Kier molecular flexibility index (Phi) is 4.85. The molecule has 5 heteroatoms. The average molecular weight is 436 g/mol. The summed E-state index contributed by atoms with van der Waals surface area (Å²) in [5.74, 6) is 0. The largest absolute Gasteiger partial charge is 0.299 e. The number of nitrogens with one attached hydrogen (secondary N) is 2. The van der Waals surface area contributed by atoms with Crippen LogP contribution >= 0.6 is 7.49 Å². The van der Waals surface area contributed by atoms with Crippen LogP contribution in [0.5, 0.6) is 0 Å². The third-order valence-corrected chi connectivity index (χ3v) is 7.42. The number of aromatic nitrogens is 1. The van der Waals surface area contributed by atoms with Crippen molar-refractivity contribution in [3.8, 4) is 22.4 Å². The van der Waals surface area contributed by atoms with Crippen LogP contribution < -0.4 is 5.30 Å². The molecule has 1 aromatic heterocycles. The first-order valence-corrected chi connectivity index (χ1v) is 13.0. The number of para-hydroxylation sites is 1. The molecule has 0 unspecified atom stereocenters. The molecule has 0 saturated heterocycles. The van der Waals surface area contributed by atoms with Crippen molar-refractivity contribution in [1.29, 1.82) is 10.8 Å². The molecule has 32 heavy (non-hydrogen) atoms. The van der Waals surface area contributed by atoms with E-state index >= 15 is 0 Å². The Hall–Kier alpha value is -3.46. The summed E-state index contributed by atoms with van der Waals surface area (Å²) >= 11 is 0. The van der Waals surface area contributed by atoms with Gasteiger partial charge in [0.1, 0.15) is 5.30 Å². The summed E-state index contributed by atoms with van der Waals surface area (Å²) in [6, 6.07) is 24.2. The van der Waals surface area contributed by atoms with Gasteiger partial charge in [-0.3, -0.25) is 10.8 Å². The van der Waals surface area contributed by atoms with Crippen LogP contribution in [0, 0.1) is 10.8 Å². The molecule has 0 saturated carbocycles. The van der Waals surface area contributed by atoms with Crippen LogP contribution in [-0.2, 0) is 0 Å². The summed E-state index contributed by atoms with van der Waals surface area (Å²) in [6.07, 6.45) is 3.57. The zero-order chi connectivity index (χ0) is 22.5. The van der Waals surface area contributed by atoms with E-state index in [-0.39, 0.29) is 11.4 Å². The summed E-state index contributed by atoms with van der Waals surface area (Å²) < 4.78 is 0. The summed E-state index contributed by atoms with van der Waals surface area (Å²) in [6.45, 7) is 3.78. The van der Waals surface area contributed by atoms with E-state index in [0.29, 0.717) is 0 Å². The Balaban J connectivity index is 1.60. The lowest BCUT2D eigenvalue weighted by atomic mass is 9.88. The number of rotatable bonds is 3. The van der Waals surface area contributed by atoms with Crippen molar-refractivity contribution in [2.45, 2.75) is 0 Å². The van der Waals surface area contributed by atoms with Gasteiger partial charge in [0, 0.05) is 22.1 Å². The molecule has 1 aliphatic rings. The Labute approximate surface area is 187 Å². The molecule has 0 spiro atoms. The lowest BCUT2D eigenvalue weighted by Crippen LogP contribution is -2.17. The van der Waals surface area contributed by atoms with Crippen molar-refractivity contribution in [2.24, 2.45) is 0 Å². The third kappa shape index (κ3) is 3.48. The van der Waals surface area contributed by atoms with Crippen LogP contribution in [0.4, 0.5) is 0 Å². The highest BCUT2D eigenvalue weighted by molar-refractivity contribution is 7.76. The van der Waals surface area contributed by atoms with E-state index in [9.17, 15) is 4.89 Å². The maximum absolute atomic E-state index is 10.3. The number of hydrogen-bond donors (Lipinski definition) is 3. The number of benzene rings is 3. The van der Waals surface area contributed by atoms with Crippen LogP contribution in [-0.4, -0.2) is 34.6 Å². The second-order valence-corrected chi connectivity index (χ2v) is 11.7. The van der Waals surface area contributed by atoms with Crippen LogP contribution in [0.3, 0.4) is 0 Å². The average Bonchev–Trinajstić information content (AvgIpc) is 2.80. The molecule has 0 atom stereocenters. The summed E-state index contributed by atoms with van der Waals surface area (Å²) in [5, 5.41) is 18.5. The van der Waals surface area contributed by atoms with Gasteiger partial charge in [-0.15, -0.1) is 0 Å².